The molecule has 1 N–H and O–H groups in total. The number of carbonyl (C=O) groups excluding carboxylic acids is 1. The molecule has 0 fully saturated rings. The summed E-state index contributed by atoms with van der Waals surface area (Å²) >= 11 is 0. The van der Waals surface area contributed by atoms with E-state index >= 15 is 0 Å². The van der Waals surface area contributed by atoms with Gasteiger partial charge in [-0.3, -0.25) is 4.79 Å². The molecule has 0 aliphatic carbocycles. The number of benzene rings is 1. The second-order valence-corrected chi connectivity index (χ2v) is 4.23. The number of halogens is 1. The lowest BCUT2D eigenvalue weighted by molar-refractivity contribution is -0.142. The van der Waals surface area contributed by atoms with E-state index in [-0.39, 0.29) is 18.2 Å². The summed E-state index contributed by atoms with van der Waals surface area (Å²) in [6.45, 7) is 4.62. The van der Waals surface area contributed by atoms with Crippen LogP contribution in [0.4, 0.5) is 4.39 Å². The first-order valence-corrected chi connectivity index (χ1v) is 6.16. The van der Waals surface area contributed by atoms with Gasteiger partial charge in [0.05, 0.1) is 19.1 Å². The Morgan fingerprint density at radius 2 is 2.17 bits per heavy atom. The second kappa shape index (κ2) is 6.50. The number of hydrogen-bond acceptors (Lipinski definition) is 3. The zero-order valence-electron chi connectivity index (χ0n) is 11.1. The lowest BCUT2D eigenvalue weighted by Gasteiger charge is -2.33. The van der Waals surface area contributed by atoms with E-state index < -0.39 is 5.54 Å². The van der Waals surface area contributed by atoms with Crippen LogP contribution < -0.4 is 5.32 Å². The standard InChI is InChI=1S/C14H20FNO2/c1-4-14(16-5-2,10-13(17)18-3)11-7-6-8-12(15)9-11/h6-9,16H,4-5,10H2,1-3H3. The van der Waals surface area contributed by atoms with Gasteiger partial charge < -0.3 is 10.1 Å². The summed E-state index contributed by atoms with van der Waals surface area (Å²) in [5.41, 5.74) is 0.210. The van der Waals surface area contributed by atoms with Crippen LogP contribution in [-0.4, -0.2) is 19.6 Å². The van der Waals surface area contributed by atoms with E-state index in [1.54, 1.807) is 6.07 Å². The van der Waals surface area contributed by atoms with Crippen molar-refractivity contribution in [3.05, 3.63) is 35.6 Å². The number of nitrogens with one attached hydrogen (secondary N) is 1. The second-order valence-electron chi connectivity index (χ2n) is 4.23. The molecule has 100 valence electrons. The summed E-state index contributed by atoms with van der Waals surface area (Å²) in [5.74, 6) is -0.602. The minimum atomic E-state index is -0.566. The molecule has 0 heterocycles. The summed E-state index contributed by atoms with van der Waals surface area (Å²) in [5, 5.41) is 3.29. The predicted molar refractivity (Wildman–Crippen MR) is 68.7 cm³/mol. The largest absolute Gasteiger partial charge is 0.469 e. The Morgan fingerprint density at radius 3 is 2.67 bits per heavy atom. The zero-order chi connectivity index (χ0) is 13.6. The average Bonchev–Trinajstić information content (AvgIpc) is 2.38. The Kier molecular flexibility index (Phi) is 5.28. The fraction of sp³-hybridized carbons (Fsp3) is 0.500. The maximum absolute atomic E-state index is 13.3. The lowest BCUT2D eigenvalue weighted by Crippen LogP contribution is -2.44. The average molecular weight is 253 g/mol. The number of rotatable bonds is 6. The molecule has 18 heavy (non-hydrogen) atoms. The van der Waals surface area contributed by atoms with E-state index in [1.807, 2.05) is 19.9 Å². The Bertz CT molecular complexity index is 409. The topological polar surface area (TPSA) is 38.3 Å². The number of hydrogen-bond donors (Lipinski definition) is 1. The van der Waals surface area contributed by atoms with Crippen LogP contribution in [0, 0.1) is 5.82 Å². The Morgan fingerprint density at radius 1 is 1.44 bits per heavy atom. The number of methoxy groups -OCH3 is 1. The molecule has 1 unspecified atom stereocenters. The Labute approximate surface area is 107 Å². The van der Waals surface area contributed by atoms with Crippen LogP contribution in [0.15, 0.2) is 24.3 Å². The molecule has 0 aromatic heterocycles. The van der Waals surface area contributed by atoms with Crippen molar-refractivity contribution in [2.45, 2.75) is 32.2 Å². The maximum atomic E-state index is 13.3. The molecule has 0 aliphatic heterocycles. The minimum absolute atomic E-state index is 0.192. The van der Waals surface area contributed by atoms with Crippen molar-refractivity contribution < 1.29 is 13.9 Å². The Hall–Kier alpha value is -1.42. The molecular formula is C14H20FNO2. The van der Waals surface area contributed by atoms with Crippen LogP contribution in [-0.2, 0) is 15.1 Å². The zero-order valence-corrected chi connectivity index (χ0v) is 11.1. The molecule has 1 atom stereocenters. The van der Waals surface area contributed by atoms with Crippen molar-refractivity contribution in [3.63, 3.8) is 0 Å². The van der Waals surface area contributed by atoms with Crippen molar-refractivity contribution in [1.29, 1.82) is 0 Å². The lowest BCUT2D eigenvalue weighted by atomic mass is 9.84. The van der Waals surface area contributed by atoms with Gasteiger partial charge in [0, 0.05) is 0 Å². The molecule has 0 amide bonds. The van der Waals surface area contributed by atoms with Gasteiger partial charge in [0.15, 0.2) is 0 Å². The quantitative estimate of drug-likeness (QED) is 0.792. The fourth-order valence-electron chi connectivity index (χ4n) is 2.16. The molecule has 0 saturated heterocycles. The van der Waals surface area contributed by atoms with Gasteiger partial charge in [0.25, 0.3) is 0 Å². The molecule has 1 rings (SSSR count). The van der Waals surface area contributed by atoms with Crippen molar-refractivity contribution in [3.8, 4) is 0 Å². The summed E-state index contributed by atoms with van der Waals surface area (Å²) in [7, 11) is 1.36. The molecule has 0 radical (unpaired) electrons. The third-order valence-corrected chi connectivity index (χ3v) is 3.17. The van der Waals surface area contributed by atoms with Crippen LogP contribution in [0.3, 0.4) is 0 Å². The summed E-state index contributed by atoms with van der Waals surface area (Å²) in [4.78, 5) is 11.6. The molecule has 0 spiro atoms. The van der Waals surface area contributed by atoms with E-state index in [2.05, 4.69) is 5.32 Å². The van der Waals surface area contributed by atoms with E-state index in [1.165, 1.54) is 19.2 Å². The van der Waals surface area contributed by atoms with Gasteiger partial charge in [-0.05, 0) is 30.7 Å². The fourth-order valence-corrected chi connectivity index (χ4v) is 2.16. The number of ether oxygens (including phenoxy) is 1. The molecular weight excluding hydrogens is 233 g/mol. The molecule has 1 aromatic rings. The van der Waals surface area contributed by atoms with Crippen LogP contribution in [0.5, 0.6) is 0 Å². The van der Waals surface area contributed by atoms with Crippen molar-refractivity contribution in [2.75, 3.05) is 13.7 Å². The molecule has 1 aromatic carbocycles. The van der Waals surface area contributed by atoms with Gasteiger partial charge in [-0.25, -0.2) is 4.39 Å². The third-order valence-electron chi connectivity index (χ3n) is 3.17. The van der Waals surface area contributed by atoms with Crippen LogP contribution in [0.1, 0.15) is 32.3 Å². The van der Waals surface area contributed by atoms with Gasteiger partial charge in [0.1, 0.15) is 5.82 Å². The smallest absolute Gasteiger partial charge is 0.307 e. The van der Waals surface area contributed by atoms with E-state index in [0.29, 0.717) is 13.0 Å². The summed E-state index contributed by atoms with van der Waals surface area (Å²) < 4.78 is 18.1. The van der Waals surface area contributed by atoms with Crippen molar-refractivity contribution in [1.82, 2.24) is 5.32 Å². The Balaban J connectivity index is 3.13. The SMILES string of the molecule is CCNC(CC)(CC(=O)OC)c1cccc(F)c1. The van der Waals surface area contributed by atoms with Gasteiger partial charge >= 0.3 is 5.97 Å². The highest BCUT2D eigenvalue weighted by Crippen LogP contribution is 2.29. The first-order valence-electron chi connectivity index (χ1n) is 6.16. The van der Waals surface area contributed by atoms with Crippen LogP contribution in [0.2, 0.25) is 0 Å². The van der Waals surface area contributed by atoms with Gasteiger partial charge in [0.2, 0.25) is 0 Å². The van der Waals surface area contributed by atoms with Gasteiger partial charge in [-0.15, -0.1) is 0 Å². The number of carbonyl (C=O) groups is 1. The van der Waals surface area contributed by atoms with Crippen LogP contribution >= 0.6 is 0 Å². The van der Waals surface area contributed by atoms with E-state index in [4.69, 9.17) is 4.74 Å². The van der Waals surface area contributed by atoms with Crippen LogP contribution in [0.25, 0.3) is 0 Å². The normalized spacial score (nSPS) is 14.0. The van der Waals surface area contributed by atoms with Crippen molar-refractivity contribution in [2.24, 2.45) is 0 Å². The predicted octanol–water partition coefficient (Wildman–Crippen LogP) is 2.60. The third kappa shape index (κ3) is 3.29. The summed E-state index contributed by atoms with van der Waals surface area (Å²) in [6.07, 6.45) is 0.872. The molecule has 0 aliphatic rings. The summed E-state index contributed by atoms with van der Waals surface area (Å²) in [6, 6.07) is 6.35. The highest BCUT2D eigenvalue weighted by molar-refractivity contribution is 5.71. The minimum Gasteiger partial charge on any atom is -0.469 e. The van der Waals surface area contributed by atoms with E-state index in [9.17, 15) is 9.18 Å². The molecule has 3 nitrogen and oxygen atoms in total. The van der Waals surface area contributed by atoms with Crippen molar-refractivity contribution >= 4 is 5.97 Å². The molecule has 4 heteroatoms. The molecule has 0 bridgehead atoms. The van der Waals surface area contributed by atoms with Gasteiger partial charge in [-0.2, -0.15) is 0 Å². The first-order chi connectivity index (χ1) is 8.57. The number of esters is 1. The first kappa shape index (κ1) is 14.6. The monoisotopic (exact) mass is 253 g/mol. The maximum Gasteiger partial charge on any atom is 0.307 e. The van der Waals surface area contributed by atoms with Gasteiger partial charge in [-0.1, -0.05) is 26.0 Å². The highest BCUT2D eigenvalue weighted by Gasteiger charge is 2.32. The highest BCUT2D eigenvalue weighted by atomic mass is 19.1. The van der Waals surface area contributed by atoms with E-state index in [0.717, 1.165) is 5.56 Å². The molecule has 0 saturated carbocycles.